The second-order valence-electron chi connectivity index (χ2n) is 6.30. The summed E-state index contributed by atoms with van der Waals surface area (Å²) in [5, 5.41) is 0. The quantitative estimate of drug-likeness (QED) is 0.361. The van der Waals surface area contributed by atoms with E-state index in [1.165, 1.54) is 62.6 Å². The molecular weight excluding hydrogens is 404 g/mol. The molecule has 0 spiro atoms. The van der Waals surface area contributed by atoms with Crippen molar-refractivity contribution < 1.29 is 38.1 Å². The number of esters is 4. The van der Waals surface area contributed by atoms with Crippen LogP contribution in [0.2, 0.25) is 0 Å². The lowest BCUT2D eigenvalue weighted by molar-refractivity contribution is -0.141. The predicted molar refractivity (Wildman–Crippen MR) is 110 cm³/mol. The summed E-state index contributed by atoms with van der Waals surface area (Å²) in [4.78, 5) is 46.8. The van der Waals surface area contributed by atoms with Gasteiger partial charge in [-0.1, -0.05) is 13.2 Å². The van der Waals surface area contributed by atoms with E-state index in [0.29, 0.717) is 0 Å². The molecule has 0 radical (unpaired) electrons. The number of rotatable bonds is 8. The Bertz CT molecular complexity index is 1020. The standard InChI is InChI=1S/C23H20O8/c1-14(2)21(25)29-18-9-11-19(12-10-18)31-23(27)16-5-7-17(8-6-16)30-22(26)15(3)13-20(24)28-4/h5-12H,1,3,13H2,2,4H3. The summed E-state index contributed by atoms with van der Waals surface area (Å²) in [5.41, 5.74) is 0.413. The topological polar surface area (TPSA) is 105 Å². The van der Waals surface area contributed by atoms with Crippen molar-refractivity contribution in [2.75, 3.05) is 7.11 Å². The van der Waals surface area contributed by atoms with Crippen LogP contribution < -0.4 is 14.2 Å². The van der Waals surface area contributed by atoms with Crippen LogP contribution in [0.3, 0.4) is 0 Å². The van der Waals surface area contributed by atoms with Crippen LogP contribution in [0.4, 0.5) is 0 Å². The minimum atomic E-state index is -0.784. The Balaban J connectivity index is 1.94. The van der Waals surface area contributed by atoms with E-state index in [4.69, 9.17) is 14.2 Å². The molecule has 0 unspecified atom stereocenters. The monoisotopic (exact) mass is 424 g/mol. The van der Waals surface area contributed by atoms with Gasteiger partial charge in [-0.25, -0.2) is 14.4 Å². The summed E-state index contributed by atoms with van der Waals surface area (Å²) >= 11 is 0. The van der Waals surface area contributed by atoms with Crippen LogP contribution in [0.15, 0.2) is 72.8 Å². The van der Waals surface area contributed by atoms with Crippen LogP contribution in [0.25, 0.3) is 0 Å². The maximum absolute atomic E-state index is 12.3. The summed E-state index contributed by atoms with van der Waals surface area (Å²) in [7, 11) is 1.20. The third-order valence-corrected chi connectivity index (χ3v) is 3.77. The van der Waals surface area contributed by atoms with Gasteiger partial charge in [-0.05, 0) is 55.5 Å². The Kier molecular flexibility index (Phi) is 7.85. The highest BCUT2D eigenvalue weighted by atomic mass is 16.5. The third kappa shape index (κ3) is 6.97. The maximum Gasteiger partial charge on any atom is 0.343 e. The number of ether oxygens (including phenoxy) is 4. The van der Waals surface area contributed by atoms with E-state index in [9.17, 15) is 19.2 Å². The highest BCUT2D eigenvalue weighted by molar-refractivity contribution is 5.95. The van der Waals surface area contributed by atoms with Crippen molar-refractivity contribution in [2.24, 2.45) is 0 Å². The molecule has 2 aromatic rings. The third-order valence-electron chi connectivity index (χ3n) is 3.77. The lowest BCUT2D eigenvalue weighted by atomic mass is 10.2. The van der Waals surface area contributed by atoms with Gasteiger partial charge in [0.1, 0.15) is 17.2 Å². The Labute approximate surface area is 178 Å². The molecule has 0 saturated heterocycles. The van der Waals surface area contributed by atoms with E-state index in [0.717, 1.165) is 0 Å². The molecule has 31 heavy (non-hydrogen) atoms. The molecule has 0 aromatic heterocycles. The van der Waals surface area contributed by atoms with Crippen molar-refractivity contribution in [1.29, 1.82) is 0 Å². The van der Waals surface area contributed by atoms with Gasteiger partial charge in [0.25, 0.3) is 0 Å². The molecule has 0 heterocycles. The van der Waals surface area contributed by atoms with Gasteiger partial charge in [0, 0.05) is 11.1 Å². The first-order valence-electron chi connectivity index (χ1n) is 8.96. The minimum absolute atomic E-state index is 0.0623. The number of carbonyl (C=O) groups excluding carboxylic acids is 4. The van der Waals surface area contributed by atoms with Crippen molar-refractivity contribution in [3.8, 4) is 17.2 Å². The van der Waals surface area contributed by atoms with Gasteiger partial charge >= 0.3 is 23.9 Å². The van der Waals surface area contributed by atoms with E-state index >= 15 is 0 Å². The number of benzene rings is 2. The van der Waals surface area contributed by atoms with Gasteiger partial charge in [-0.2, -0.15) is 0 Å². The average molecular weight is 424 g/mol. The van der Waals surface area contributed by atoms with Gasteiger partial charge in [0.15, 0.2) is 0 Å². The smallest absolute Gasteiger partial charge is 0.343 e. The SMILES string of the molecule is C=C(C)C(=O)Oc1ccc(OC(=O)c2ccc(OC(=O)C(=C)CC(=O)OC)cc2)cc1. The van der Waals surface area contributed by atoms with Crippen molar-refractivity contribution in [3.63, 3.8) is 0 Å². The predicted octanol–water partition coefficient (Wildman–Crippen LogP) is 3.41. The number of methoxy groups -OCH3 is 1. The molecule has 0 aliphatic carbocycles. The molecule has 0 fully saturated rings. The van der Waals surface area contributed by atoms with Crippen LogP contribution >= 0.6 is 0 Å². The molecule has 160 valence electrons. The van der Waals surface area contributed by atoms with E-state index < -0.39 is 23.9 Å². The molecule has 0 atom stereocenters. The maximum atomic E-state index is 12.3. The van der Waals surface area contributed by atoms with Crippen molar-refractivity contribution in [3.05, 3.63) is 78.4 Å². The van der Waals surface area contributed by atoms with Crippen LogP contribution in [-0.2, 0) is 19.1 Å². The van der Waals surface area contributed by atoms with Crippen molar-refractivity contribution in [2.45, 2.75) is 13.3 Å². The van der Waals surface area contributed by atoms with E-state index in [-0.39, 0.29) is 40.4 Å². The first-order valence-corrected chi connectivity index (χ1v) is 8.96. The number of carbonyl (C=O) groups is 4. The Morgan fingerprint density at radius 3 is 1.68 bits per heavy atom. The van der Waals surface area contributed by atoms with Gasteiger partial charge in [0.2, 0.25) is 0 Å². The fraction of sp³-hybridized carbons (Fsp3) is 0.130. The number of hydrogen-bond donors (Lipinski definition) is 0. The number of hydrogen-bond acceptors (Lipinski definition) is 8. The van der Waals surface area contributed by atoms with Gasteiger partial charge in [-0.15, -0.1) is 0 Å². The van der Waals surface area contributed by atoms with Gasteiger partial charge in [0.05, 0.1) is 19.1 Å². The molecule has 2 rings (SSSR count). The van der Waals surface area contributed by atoms with Crippen LogP contribution in [0.5, 0.6) is 17.2 Å². The molecule has 0 aliphatic heterocycles. The Hall–Kier alpha value is -4.20. The minimum Gasteiger partial charge on any atom is -0.469 e. The van der Waals surface area contributed by atoms with E-state index in [1.807, 2.05) is 0 Å². The highest BCUT2D eigenvalue weighted by Gasteiger charge is 2.15. The Morgan fingerprint density at radius 2 is 1.19 bits per heavy atom. The molecule has 8 heteroatoms. The summed E-state index contributed by atoms with van der Waals surface area (Å²) in [5.74, 6) is -1.90. The van der Waals surface area contributed by atoms with Gasteiger partial charge < -0.3 is 18.9 Å². The molecule has 2 aromatic carbocycles. The average Bonchev–Trinajstić information content (AvgIpc) is 2.75. The van der Waals surface area contributed by atoms with Crippen LogP contribution in [0.1, 0.15) is 23.7 Å². The van der Waals surface area contributed by atoms with Crippen molar-refractivity contribution >= 4 is 23.9 Å². The Morgan fingerprint density at radius 1 is 0.742 bits per heavy atom. The zero-order valence-electron chi connectivity index (χ0n) is 17.0. The fourth-order valence-electron chi connectivity index (χ4n) is 2.09. The molecule has 0 saturated carbocycles. The van der Waals surface area contributed by atoms with E-state index in [1.54, 1.807) is 0 Å². The van der Waals surface area contributed by atoms with Gasteiger partial charge in [-0.3, -0.25) is 4.79 Å². The highest BCUT2D eigenvalue weighted by Crippen LogP contribution is 2.20. The molecule has 8 nitrogen and oxygen atoms in total. The lowest BCUT2D eigenvalue weighted by Gasteiger charge is -2.08. The zero-order chi connectivity index (χ0) is 23.0. The molecule has 0 bridgehead atoms. The van der Waals surface area contributed by atoms with Crippen LogP contribution in [0, 0.1) is 0 Å². The summed E-state index contributed by atoms with van der Waals surface area (Å²) < 4.78 is 19.9. The van der Waals surface area contributed by atoms with E-state index in [2.05, 4.69) is 17.9 Å². The fourth-order valence-corrected chi connectivity index (χ4v) is 2.09. The molecular formula is C23H20O8. The zero-order valence-corrected chi connectivity index (χ0v) is 17.0. The van der Waals surface area contributed by atoms with Crippen LogP contribution in [-0.4, -0.2) is 31.0 Å². The normalized spacial score (nSPS) is 9.87. The first kappa shape index (κ1) is 23.1. The second-order valence-corrected chi connectivity index (χ2v) is 6.30. The first-order chi connectivity index (χ1) is 14.7. The second kappa shape index (κ2) is 10.5. The molecule has 0 aliphatic rings. The molecule has 0 amide bonds. The van der Waals surface area contributed by atoms with Crippen molar-refractivity contribution in [1.82, 2.24) is 0 Å². The lowest BCUT2D eigenvalue weighted by Crippen LogP contribution is -2.14. The largest absolute Gasteiger partial charge is 0.469 e. The summed E-state index contributed by atoms with van der Waals surface area (Å²) in [6, 6.07) is 11.5. The molecule has 0 N–H and O–H groups in total. The summed E-state index contributed by atoms with van der Waals surface area (Å²) in [6.45, 7) is 8.50. The summed E-state index contributed by atoms with van der Waals surface area (Å²) in [6.07, 6.45) is -0.287.